The first-order valence-corrected chi connectivity index (χ1v) is 19.4. The minimum Gasteiger partial charge on any atom is -0.333 e. The fourth-order valence-electron chi connectivity index (χ4n) is 7.84. The minimum atomic E-state index is -1.01. The Bertz CT molecular complexity index is 1480. The predicted octanol–water partition coefficient (Wildman–Crippen LogP) is 4.99. The summed E-state index contributed by atoms with van der Waals surface area (Å²) < 4.78 is 0. The maximum absolute atomic E-state index is 14.5. The number of hydrogen-bond donors (Lipinski definition) is 4. The molecule has 1 aromatic carbocycles. The topological polar surface area (TPSA) is 160 Å². The molecule has 3 fully saturated rings. The molecular formula is C40H63N7O6. The number of nitrogens with zero attached hydrogens (tertiary/aromatic N) is 3. The van der Waals surface area contributed by atoms with Gasteiger partial charge in [-0.25, -0.2) is 14.6 Å². The molecule has 294 valence electrons. The van der Waals surface area contributed by atoms with Crippen molar-refractivity contribution < 1.29 is 28.8 Å². The maximum Gasteiger partial charge on any atom is 0.336 e. The largest absolute Gasteiger partial charge is 0.336 e. The Morgan fingerprint density at radius 3 is 1.98 bits per heavy atom. The zero-order valence-corrected chi connectivity index (χ0v) is 33.5. The monoisotopic (exact) mass is 737 g/mol. The number of carbonyl (C=O) groups excluding carboxylic acids is 6. The summed E-state index contributed by atoms with van der Waals surface area (Å²) in [5.74, 6) is -1.65. The minimum absolute atomic E-state index is 0.0477. The Balaban J connectivity index is 1.51. The van der Waals surface area contributed by atoms with Crippen LogP contribution in [0.4, 0.5) is 9.59 Å². The van der Waals surface area contributed by atoms with Gasteiger partial charge < -0.3 is 20.9 Å². The molecule has 2 aliphatic heterocycles. The normalized spacial score (nSPS) is 23.4. The van der Waals surface area contributed by atoms with Gasteiger partial charge in [0.15, 0.2) is 0 Å². The fraction of sp³-hybridized carbons (Fsp3) is 0.700. The number of hydrazine groups is 1. The zero-order chi connectivity index (χ0) is 39.4. The third-order valence-electron chi connectivity index (χ3n) is 11.2. The van der Waals surface area contributed by atoms with Crippen LogP contribution in [0.15, 0.2) is 30.3 Å². The molecule has 1 aliphatic carbocycles. The molecule has 4 rings (SSSR count). The molecule has 0 spiro atoms. The van der Waals surface area contributed by atoms with E-state index in [1.807, 2.05) is 99.6 Å². The van der Waals surface area contributed by atoms with Crippen LogP contribution in [0.5, 0.6) is 0 Å². The highest BCUT2D eigenvalue weighted by molar-refractivity contribution is 6.01. The van der Waals surface area contributed by atoms with Gasteiger partial charge in [0.1, 0.15) is 12.1 Å². The SMILES string of the molecule is CCCN(NC(=O)[C@@H]1[C@@H](C(C)C)CCN1C(=O)[C@@H](NC(=O)N[C@H](CN1C(=O)C2CCC(C2)C1=O)C(C)(C)C)C(C)(C)C)C(=O)N[C@@H](C)c1ccccc1. The second kappa shape index (κ2) is 16.9. The summed E-state index contributed by atoms with van der Waals surface area (Å²) in [7, 11) is 0. The third kappa shape index (κ3) is 9.89. The molecule has 1 aromatic rings. The smallest absolute Gasteiger partial charge is 0.333 e. The number of rotatable bonds is 11. The van der Waals surface area contributed by atoms with E-state index in [-0.39, 0.29) is 54.6 Å². The van der Waals surface area contributed by atoms with E-state index in [2.05, 4.69) is 21.4 Å². The number of piperidine rings is 1. The highest BCUT2D eigenvalue weighted by atomic mass is 16.2. The van der Waals surface area contributed by atoms with Gasteiger partial charge in [0.25, 0.3) is 5.91 Å². The zero-order valence-electron chi connectivity index (χ0n) is 33.5. The number of urea groups is 2. The molecule has 7 atom stereocenters. The standard InChI is InChI=1S/C40H63N7O6/c1-11-20-47(38(53)41-25(4)26-15-13-12-14-16-26)44-33(48)31-29(24(2)3)19-21-45(31)36(51)32(40(8,9)10)43-37(52)42-30(39(5,6)7)23-46-34(49)27-17-18-28(22-27)35(46)50/h12-16,24-25,27-32H,11,17-23H2,1-10H3,(H,41,53)(H,44,48)(H2,42,43,52)/t25-,27?,28?,29+,30+,31-,32+/m0/s1. The van der Waals surface area contributed by atoms with Crippen LogP contribution in [0.1, 0.15) is 113 Å². The third-order valence-corrected chi connectivity index (χ3v) is 11.2. The Morgan fingerprint density at radius 2 is 1.45 bits per heavy atom. The van der Waals surface area contributed by atoms with Gasteiger partial charge in [-0.05, 0) is 67.3 Å². The number of benzene rings is 1. The molecular weight excluding hydrogens is 674 g/mol. The molecule has 8 amide bonds. The highest BCUT2D eigenvalue weighted by Gasteiger charge is 2.49. The van der Waals surface area contributed by atoms with Gasteiger partial charge in [-0.3, -0.25) is 29.5 Å². The second-order valence-electron chi connectivity index (χ2n) is 17.7. The molecule has 2 bridgehead atoms. The molecule has 0 radical (unpaired) electrons. The van der Waals surface area contributed by atoms with E-state index in [0.717, 1.165) is 5.56 Å². The summed E-state index contributed by atoms with van der Waals surface area (Å²) in [6.45, 7) is 19.8. The van der Waals surface area contributed by atoms with E-state index in [9.17, 15) is 28.8 Å². The van der Waals surface area contributed by atoms with Crippen LogP contribution >= 0.6 is 0 Å². The average Bonchev–Trinajstić information content (AvgIpc) is 3.74. The number of fused-ring (bicyclic) bond motifs is 2. The van der Waals surface area contributed by atoms with Crippen molar-refractivity contribution in [2.75, 3.05) is 19.6 Å². The predicted molar refractivity (Wildman–Crippen MR) is 203 cm³/mol. The lowest BCUT2D eigenvalue weighted by molar-refractivity contribution is -0.153. The Hall–Kier alpha value is -4.16. The van der Waals surface area contributed by atoms with Crippen molar-refractivity contribution >= 4 is 35.7 Å². The summed E-state index contributed by atoms with van der Waals surface area (Å²) in [5.41, 5.74) is 2.49. The van der Waals surface area contributed by atoms with Gasteiger partial charge in [-0.15, -0.1) is 0 Å². The van der Waals surface area contributed by atoms with E-state index >= 15 is 0 Å². The van der Waals surface area contributed by atoms with Crippen LogP contribution < -0.4 is 21.4 Å². The van der Waals surface area contributed by atoms with Crippen molar-refractivity contribution in [2.45, 2.75) is 126 Å². The second-order valence-corrected chi connectivity index (χ2v) is 17.7. The number of likely N-dealkylation sites (tertiary alicyclic amines) is 2. The van der Waals surface area contributed by atoms with Crippen LogP contribution in [-0.4, -0.2) is 88.3 Å². The van der Waals surface area contributed by atoms with E-state index in [0.29, 0.717) is 38.6 Å². The first-order valence-electron chi connectivity index (χ1n) is 19.4. The molecule has 53 heavy (non-hydrogen) atoms. The molecule has 13 heteroatoms. The quantitative estimate of drug-likeness (QED) is 0.185. The molecule has 0 aromatic heterocycles. The van der Waals surface area contributed by atoms with Crippen molar-refractivity contribution in [1.82, 2.24) is 36.2 Å². The molecule has 2 saturated heterocycles. The number of hydrogen-bond acceptors (Lipinski definition) is 6. The molecule has 2 heterocycles. The summed E-state index contributed by atoms with van der Waals surface area (Å²) in [6, 6.07) is 5.73. The summed E-state index contributed by atoms with van der Waals surface area (Å²) in [5, 5.41) is 10.1. The number of amides is 8. The van der Waals surface area contributed by atoms with Crippen LogP contribution in [0.3, 0.4) is 0 Å². The van der Waals surface area contributed by atoms with Crippen molar-refractivity contribution in [2.24, 2.45) is 34.5 Å². The number of nitrogens with one attached hydrogen (secondary N) is 4. The van der Waals surface area contributed by atoms with Gasteiger partial charge in [0, 0.05) is 31.5 Å². The average molecular weight is 738 g/mol. The Morgan fingerprint density at radius 1 is 0.849 bits per heavy atom. The lowest BCUT2D eigenvalue weighted by Gasteiger charge is -2.39. The first kappa shape index (κ1) is 41.6. The van der Waals surface area contributed by atoms with E-state index in [4.69, 9.17) is 0 Å². The first-order chi connectivity index (χ1) is 24.7. The molecule has 2 unspecified atom stereocenters. The van der Waals surface area contributed by atoms with Crippen LogP contribution in [0.2, 0.25) is 0 Å². The molecule has 1 saturated carbocycles. The fourth-order valence-corrected chi connectivity index (χ4v) is 7.84. The lowest BCUT2D eigenvalue weighted by atomic mass is 9.84. The van der Waals surface area contributed by atoms with Gasteiger partial charge in [-0.2, -0.15) is 0 Å². The van der Waals surface area contributed by atoms with Crippen molar-refractivity contribution in [1.29, 1.82) is 0 Å². The molecule has 13 nitrogen and oxygen atoms in total. The van der Waals surface area contributed by atoms with E-state index in [1.54, 1.807) is 4.90 Å². The van der Waals surface area contributed by atoms with Gasteiger partial charge in [-0.1, -0.05) is 92.6 Å². The van der Waals surface area contributed by atoms with E-state index < -0.39 is 52.8 Å². The van der Waals surface area contributed by atoms with Crippen LogP contribution in [0, 0.1) is 34.5 Å². The van der Waals surface area contributed by atoms with Crippen LogP contribution in [0.25, 0.3) is 0 Å². The lowest BCUT2D eigenvalue weighted by Crippen LogP contribution is -2.63. The van der Waals surface area contributed by atoms with Gasteiger partial charge in [0.2, 0.25) is 17.7 Å². The van der Waals surface area contributed by atoms with Crippen molar-refractivity contribution in [3.05, 3.63) is 35.9 Å². The van der Waals surface area contributed by atoms with Crippen molar-refractivity contribution in [3.63, 3.8) is 0 Å². The number of imide groups is 1. The number of carbonyl (C=O) groups is 6. The van der Waals surface area contributed by atoms with Gasteiger partial charge in [0.05, 0.1) is 12.1 Å². The highest BCUT2D eigenvalue weighted by Crippen LogP contribution is 2.39. The van der Waals surface area contributed by atoms with Crippen LogP contribution in [-0.2, 0) is 19.2 Å². The maximum atomic E-state index is 14.5. The molecule has 4 N–H and O–H groups in total. The van der Waals surface area contributed by atoms with E-state index in [1.165, 1.54) is 9.91 Å². The Labute approximate surface area is 315 Å². The summed E-state index contributed by atoms with van der Waals surface area (Å²) in [6.07, 6.45) is 3.19. The molecule has 3 aliphatic rings. The summed E-state index contributed by atoms with van der Waals surface area (Å²) in [4.78, 5) is 85.1. The van der Waals surface area contributed by atoms with Crippen molar-refractivity contribution in [3.8, 4) is 0 Å². The van der Waals surface area contributed by atoms with Gasteiger partial charge >= 0.3 is 12.1 Å². The summed E-state index contributed by atoms with van der Waals surface area (Å²) >= 11 is 0. The Kier molecular flexibility index (Phi) is 13.3.